The van der Waals surface area contributed by atoms with Gasteiger partial charge >= 0.3 is 0 Å². The van der Waals surface area contributed by atoms with E-state index >= 15 is 0 Å². The third kappa shape index (κ3) is 1.64. The Bertz CT molecular complexity index is 594. The van der Waals surface area contributed by atoms with Crippen molar-refractivity contribution in [1.82, 2.24) is 5.32 Å². The standard InChI is InChI=1S/C15H14N2O/c1-15(11-7-3-2-4-8-11)16-13-10-6-5-9-12(13)14(18)17-15/h2-10,16H,1H3,(H,17,18)/t15-/m1/s1. The molecule has 3 heteroatoms. The van der Waals surface area contributed by atoms with Gasteiger partial charge in [0.2, 0.25) is 0 Å². The van der Waals surface area contributed by atoms with Crippen molar-refractivity contribution in [3.8, 4) is 0 Å². The maximum Gasteiger partial charge on any atom is 0.255 e. The molecular weight excluding hydrogens is 224 g/mol. The largest absolute Gasteiger partial charge is 0.359 e. The van der Waals surface area contributed by atoms with Gasteiger partial charge < -0.3 is 10.6 Å². The fourth-order valence-corrected chi connectivity index (χ4v) is 2.30. The summed E-state index contributed by atoms with van der Waals surface area (Å²) in [4.78, 5) is 12.1. The number of hydrogen-bond acceptors (Lipinski definition) is 2. The number of hydrogen-bond donors (Lipinski definition) is 2. The molecule has 0 fully saturated rings. The molecule has 18 heavy (non-hydrogen) atoms. The summed E-state index contributed by atoms with van der Waals surface area (Å²) in [5, 5.41) is 6.40. The van der Waals surface area contributed by atoms with E-state index in [0.29, 0.717) is 5.56 Å². The van der Waals surface area contributed by atoms with E-state index in [2.05, 4.69) is 10.6 Å². The molecule has 0 saturated carbocycles. The van der Waals surface area contributed by atoms with Crippen LogP contribution in [0.3, 0.4) is 0 Å². The summed E-state index contributed by atoms with van der Waals surface area (Å²) in [7, 11) is 0. The van der Waals surface area contributed by atoms with Crippen LogP contribution in [0.5, 0.6) is 0 Å². The molecule has 0 bridgehead atoms. The van der Waals surface area contributed by atoms with E-state index < -0.39 is 5.66 Å². The van der Waals surface area contributed by atoms with Crippen molar-refractivity contribution in [3.63, 3.8) is 0 Å². The molecule has 0 spiro atoms. The predicted octanol–water partition coefficient (Wildman–Crippen LogP) is 2.71. The van der Waals surface area contributed by atoms with Gasteiger partial charge in [0.05, 0.1) is 5.56 Å². The number of amides is 1. The summed E-state index contributed by atoms with van der Waals surface area (Å²) >= 11 is 0. The van der Waals surface area contributed by atoms with Crippen LogP contribution in [0.2, 0.25) is 0 Å². The second-order valence-corrected chi connectivity index (χ2v) is 4.62. The topological polar surface area (TPSA) is 41.1 Å². The van der Waals surface area contributed by atoms with Gasteiger partial charge in [-0.1, -0.05) is 42.5 Å². The minimum atomic E-state index is -0.563. The molecule has 0 aliphatic carbocycles. The second-order valence-electron chi connectivity index (χ2n) is 4.62. The number of nitrogens with one attached hydrogen (secondary N) is 2. The van der Waals surface area contributed by atoms with Gasteiger partial charge in [-0.05, 0) is 24.6 Å². The van der Waals surface area contributed by atoms with Gasteiger partial charge in [-0.3, -0.25) is 4.79 Å². The Balaban J connectivity index is 2.06. The molecule has 1 aliphatic rings. The molecule has 1 heterocycles. The van der Waals surface area contributed by atoms with Crippen LogP contribution in [0.1, 0.15) is 22.8 Å². The summed E-state index contributed by atoms with van der Waals surface area (Å²) in [6, 6.07) is 17.4. The quantitative estimate of drug-likeness (QED) is 0.802. The normalized spacial score (nSPS) is 21.7. The van der Waals surface area contributed by atoms with Gasteiger partial charge in [-0.2, -0.15) is 0 Å². The smallest absolute Gasteiger partial charge is 0.255 e. The average Bonchev–Trinajstić information content (AvgIpc) is 2.40. The lowest BCUT2D eigenvalue weighted by Crippen LogP contribution is -2.52. The van der Waals surface area contributed by atoms with Crippen LogP contribution in [0, 0.1) is 0 Å². The molecule has 1 amide bonds. The van der Waals surface area contributed by atoms with Gasteiger partial charge in [-0.25, -0.2) is 0 Å². The number of carbonyl (C=O) groups is 1. The van der Waals surface area contributed by atoms with E-state index in [4.69, 9.17) is 0 Å². The first kappa shape index (κ1) is 10.8. The molecule has 90 valence electrons. The third-order valence-electron chi connectivity index (χ3n) is 3.27. The fraction of sp³-hybridized carbons (Fsp3) is 0.133. The Labute approximate surface area is 106 Å². The molecule has 2 aromatic carbocycles. The Morgan fingerprint density at radius 3 is 2.33 bits per heavy atom. The molecular formula is C15H14N2O. The maximum absolute atomic E-state index is 12.1. The molecule has 3 rings (SSSR count). The van der Waals surface area contributed by atoms with E-state index in [1.165, 1.54) is 0 Å². The molecule has 0 saturated heterocycles. The van der Waals surface area contributed by atoms with Gasteiger partial charge in [0, 0.05) is 5.69 Å². The van der Waals surface area contributed by atoms with Crippen molar-refractivity contribution < 1.29 is 4.79 Å². The third-order valence-corrected chi connectivity index (χ3v) is 3.27. The molecule has 1 aliphatic heterocycles. The zero-order valence-electron chi connectivity index (χ0n) is 10.1. The lowest BCUT2D eigenvalue weighted by molar-refractivity contribution is 0.0906. The Morgan fingerprint density at radius 1 is 0.889 bits per heavy atom. The van der Waals surface area contributed by atoms with Crippen LogP contribution in [-0.2, 0) is 5.66 Å². The lowest BCUT2D eigenvalue weighted by Gasteiger charge is -2.38. The average molecular weight is 238 g/mol. The number of rotatable bonds is 1. The van der Waals surface area contributed by atoms with Crippen molar-refractivity contribution in [2.24, 2.45) is 0 Å². The summed E-state index contributed by atoms with van der Waals surface area (Å²) in [5.74, 6) is -0.0456. The van der Waals surface area contributed by atoms with Crippen LogP contribution in [0.15, 0.2) is 54.6 Å². The summed E-state index contributed by atoms with van der Waals surface area (Å²) in [6.45, 7) is 1.97. The number of para-hydroxylation sites is 1. The van der Waals surface area contributed by atoms with Crippen molar-refractivity contribution in [2.75, 3.05) is 5.32 Å². The van der Waals surface area contributed by atoms with E-state index in [9.17, 15) is 4.79 Å². The molecule has 3 nitrogen and oxygen atoms in total. The van der Waals surface area contributed by atoms with E-state index in [1.807, 2.05) is 61.5 Å². The molecule has 2 N–H and O–H groups in total. The van der Waals surface area contributed by atoms with E-state index in [1.54, 1.807) is 0 Å². The van der Waals surface area contributed by atoms with Crippen molar-refractivity contribution in [1.29, 1.82) is 0 Å². The molecule has 0 aromatic heterocycles. The Kier molecular flexibility index (Phi) is 2.33. The van der Waals surface area contributed by atoms with Crippen molar-refractivity contribution in [2.45, 2.75) is 12.6 Å². The number of carbonyl (C=O) groups excluding carboxylic acids is 1. The molecule has 2 aromatic rings. The van der Waals surface area contributed by atoms with Gasteiger partial charge in [0.1, 0.15) is 5.66 Å². The Morgan fingerprint density at radius 2 is 1.56 bits per heavy atom. The fourth-order valence-electron chi connectivity index (χ4n) is 2.30. The maximum atomic E-state index is 12.1. The zero-order valence-corrected chi connectivity index (χ0v) is 10.1. The SMILES string of the molecule is C[C@]1(c2ccccc2)NC(=O)c2ccccc2N1. The van der Waals surface area contributed by atoms with Crippen LogP contribution in [0.4, 0.5) is 5.69 Å². The van der Waals surface area contributed by atoms with Crippen LogP contribution < -0.4 is 10.6 Å². The number of fused-ring (bicyclic) bond motifs is 1. The lowest BCUT2D eigenvalue weighted by atomic mass is 9.96. The summed E-state index contributed by atoms with van der Waals surface area (Å²) in [5.41, 5.74) is 2.03. The van der Waals surface area contributed by atoms with Crippen LogP contribution in [0.25, 0.3) is 0 Å². The second kappa shape index (κ2) is 3.88. The summed E-state index contributed by atoms with van der Waals surface area (Å²) < 4.78 is 0. The molecule has 0 unspecified atom stereocenters. The minimum Gasteiger partial charge on any atom is -0.359 e. The van der Waals surface area contributed by atoms with Gasteiger partial charge in [0.15, 0.2) is 0 Å². The number of anilines is 1. The molecule has 0 radical (unpaired) electrons. The van der Waals surface area contributed by atoms with Crippen LogP contribution >= 0.6 is 0 Å². The van der Waals surface area contributed by atoms with Gasteiger partial charge in [0.25, 0.3) is 5.91 Å². The highest BCUT2D eigenvalue weighted by atomic mass is 16.2. The highest BCUT2D eigenvalue weighted by molar-refractivity contribution is 6.02. The number of benzene rings is 2. The predicted molar refractivity (Wildman–Crippen MR) is 71.3 cm³/mol. The summed E-state index contributed by atoms with van der Waals surface area (Å²) in [6.07, 6.45) is 0. The monoisotopic (exact) mass is 238 g/mol. The van der Waals surface area contributed by atoms with Crippen molar-refractivity contribution >= 4 is 11.6 Å². The molecule has 1 atom stereocenters. The minimum absolute atomic E-state index is 0.0456. The van der Waals surface area contributed by atoms with Crippen molar-refractivity contribution in [3.05, 3.63) is 65.7 Å². The van der Waals surface area contributed by atoms with Crippen LogP contribution in [-0.4, -0.2) is 5.91 Å². The van der Waals surface area contributed by atoms with E-state index in [0.717, 1.165) is 11.3 Å². The highest BCUT2D eigenvalue weighted by Crippen LogP contribution is 2.30. The van der Waals surface area contributed by atoms with E-state index in [-0.39, 0.29) is 5.91 Å². The van der Waals surface area contributed by atoms with Gasteiger partial charge in [-0.15, -0.1) is 0 Å². The zero-order chi connectivity index (χ0) is 12.6. The first-order chi connectivity index (χ1) is 8.69. The first-order valence-electron chi connectivity index (χ1n) is 5.94. The Hall–Kier alpha value is -2.29. The first-order valence-corrected chi connectivity index (χ1v) is 5.94. The highest BCUT2D eigenvalue weighted by Gasteiger charge is 2.34.